The van der Waals surface area contributed by atoms with Crippen LogP contribution in [0.15, 0.2) is 36.5 Å². The van der Waals surface area contributed by atoms with Crippen molar-refractivity contribution in [2.75, 3.05) is 5.32 Å². The van der Waals surface area contributed by atoms with Crippen LogP contribution in [0.1, 0.15) is 16.8 Å². The van der Waals surface area contributed by atoms with Gasteiger partial charge in [-0.15, -0.1) is 0 Å². The number of alkyl halides is 3. The van der Waals surface area contributed by atoms with Crippen molar-refractivity contribution in [3.8, 4) is 12.1 Å². The van der Waals surface area contributed by atoms with Crippen molar-refractivity contribution in [2.24, 2.45) is 0 Å². The van der Waals surface area contributed by atoms with Gasteiger partial charge >= 0.3 is 6.18 Å². The van der Waals surface area contributed by atoms with Crippen molar-refractivity contribution in [2.45, 2.75) is 6.18 Å². The van der Waals surface area contributed by atoms with Crippen LogP contribution >= 0.6 is 0 Å². The Kier molecular flexibility index (Phi) is 3.77. The number of anilines is 2. The highest BCUT2D eigenvalue weighted by molar-refractivity contribution is 5.67. The van der Waals surface area contributed by atoms with E-state index in [2.05, 4.69) is 10.3 Å². The Morgan fingerprint density at radius 2 is 1.81 bits per heavy atom. The first kappa shape index (κ1) is 14.4. The Balaban J connectivity index is 2.37. The topological polar surface area (TPSA) is 72.5 Å². The molecule has 0 aliphatic carbocycles. The first-order valence-corrected chi connectivity index (χ1v) is 5.68. The molecule has 104 valence electrons. The lowest BCUT2D eigenvalue weighted by Crippen LogP contribution is -2.06. The standard InChI is InChI=1S/C14H7F3N4/c15-14(16,17)10-1-2-13(9(5-10)7-18)21-11-3-4-20-12(6-11)8-19/h1-6H,(H,20,21). The van der Waals surface area contributed by atoms with Crippen LogP contribution in [0.25, 0.3) is 0 Å². The van der Waals surface area contributed by atoms with Gasteiger partial charge < -0.3 is 5.32 Å². The maximum atomic E-state index is 12.6. The van der Waals surface area contributed by atoms with Gasteiger partial charge in [0.1, 0.15) is 17.8 Å². The zero-order valence-corrected chi connectivity index (χ0v) is 10.4. The van der Waals surface area contributed by atoms with Crippen LogP contribution < -0.4 is 5.32 Å². The SMILES string of the molecule is N#Cc1cc(Nc2ccc(C(F)(F)F)cc2C#N)ccn1. The summed E-state index contributed by atoms with van der Waals surface area (Å²) >= 11 is 0. The second-order valence-corrected chi connectivity index (χ2v) is 4.04. The molecule has 4 nitrogen and oxygen atoms in total. The molecular weight excluding hydrogens is 281 g/mol. The van der Waals surface area contributed by atoms with E-state index in [0.29, 0.717) is 5.69 Å². The normalized spacial score (nSPS) is 10.5. The highest BCUT2D eigenvalue weighted by Gasteiger charge is 2.31. The lowest BCUT2D eigenvalue weighted by Gasteiger charge is -2.11. The van der Waals surface area contributed by atoms with Gasteiger partial charge in [0.15, 0.2) is 0 Å². The molecule has 21 heavy (non-hydrogen) atoms. The van der Waals surface area contributed by atoms with Gasteiger partial charge in [-0.1, -0.05) is 0 Å². The molecular formula is C14H7F3N4. The van der Waals surface area contributed by atoms with Crippen molar-refractivity contribution < 1.29 is 13.2 Å². The van der Waals surface area contributed by atoms with Gasteiger partial charge in [0.05, 0.1) is 16.8 Å². The second kappa shape index (κ2) is 5.51. The average molecular weight is 288 g/mol. The highest BCUT2D eigenvalue weighted by atomic mass is 19.4. The van der Waals surface area contributed by atoms with Crippen molar-refractivity contribution in [1.29, 1.82) is 10.5 Å². The predicted octanol–water partition coefficient (Wildman–Crippen LogP) is 3.59. The van der Waals surface area contributed by atoms with Crippen LogP contribution in [0.3, 0.4) is 0 Å². The molecule has 0 amide bonds. The number of hydrogen-bond donors (Lipinski definition) is 1. The number of aromatic nitrogens is 1. The lowest BCUT2D eigenvalue weighted by molar-refractivity contribution is -0.137. The Morgan fingerprint density at radius 3 is 2.43 bits per heavy atom. The number of halogens is 3. The number of nitrogens with one attached hydrogen (secondary N) is 1. The second-order valence-electron chi connectivity index (χ2n) is 4.04. The summed E-state index contributed by atoms with van der Waals surface area (Å²) in [5.41, 5.74) is -0.194. The van der Waals surface area contributed by atoms with Gasteiger partial charge in [-0.05, 0) is 30.3 Å². The minimum absolute atomic E-state index is 0.139. The molecule has 0 fully saturated rings. The highest BCUT2D eigenvalue weighted by Crippen LogP contribution is 2.32. The lowest BCUT2D eigenvalue weighted by atomic mass is 10.1. The van der Waals surface area contributed by atoms with Gasteiger partial charge in [0, 0.05) is 11.9 Å². The number of pyridine rings is 1. The number of nitriles is 2. The van der Waals surface area contributed by atoms with E-state index in [9.17, 15) is 13.2 Å². The van der Waals surface area contributed by atoms with Crippen molar-refractivity contribution in [3.05, 3.63) is 53.3 Å². The third kappa shape index (κ3) is 3.28. The monoisotopic (exact) mass is 288 g/mol. The minimum Gasteiger partial charge on any atom is -0.354 e. The molecule has 2 rings (SSSR count). The van der Waals surface area contributed by atoms with Crippen LogP contribution in [-0.4, -0.2) is 4.98 Å². The zero-order valence-electron chi connectivity index (χ0n) is 10.4. The van der Waals surface area contributed by atoms with E-state index in [1.807, 2.05) is 6.07 Å². The molecule has 0 aliphatic rings. The quantitative estimate of drug-likeness (QED) is 0.916. The van der Waals surface area contributed by atoms with Crippen molar-refractivity contribution in [1.82, 2.24) is 4.98 Å². The first-order chi connectivity index (χ1) is 9.94. The molecule has 0 radical (unpaired) electrons. The molecule has 0 bridgehead atoms. The maximum Gasteiger partial charge on any atom is 0.416 e. The van der Waals surface area contributed by atoms with E-state index >= 15 is 0 Å². The van der Waals surface area contributed by atoms with Gasteiger partial charge in [-0.3, -0.25) is 0 Å². The average Bonchev–Trinajstić information content (AvgIpc) is 2.46. The molecule has 7 heteroatoms. The summed E-state index contributed by atoms with van der Waals surface area (Å²) in [6, 6.07) is 9.36. The molecule has 0 saturated carbocycles. The zero-order chi connectivity index (χ0) is 15.5. The van der Waals surface area contributed by atoms with E-state index < -0.39 is 11.7 Å². The molecule has 1 heterocycles. The van der Waals surface area contributed by atoms with E-state index in [0.717, 1.165) is 12.1 Å². The third-order valence-corrected chi connectivity index (χ3v) is 2.62. The molecule has 1 aromatic carbocycles. The number of nitrogens with zero attached hydrogens (tertiary/aromatic N) is 3. The molecule has 0 aliphatic heterocycles. The molecule has 0 spiro atoms. The molecule has 1 N–H and O–H groups in total. The fourth-order valence-corrected chi connectivity index (χ4v) is 1.65. The van der Waals surface area contributed by atoms with Crippen LogP contribution in [0, 0.1) is 22.7 Å². The molecule has 2 aromatic rings. The molecule has 0 atom stereocenters. The van der Waals surface area contributed by atoms with Crippen molar-refractivity contribution in [3.63, 3.8) is 0 Å². The minimum atomic E-state index is -4.51. The van der Waals surface area contributed by atoms with Crippen LogP contribution in [0.4, 0.5) is 24.5 Å². The number of rotatable bonds is 2. The summed E-state index contributed by atoms with van der Waals surface area (Å²) in [6.45, 7) is 0. The van der Waals surface area contributed by atoms with Gasteiger partial charge in [0.25, 0.3) is 0 Å². The maximum absolute atomic E-state index is 12.6. The van der Waals surface area contributed by atoms with E-state index in [1.54, 1.807) is 12.1 Å². The molecule has 0 saturated heterocycles. The fourth-order valence-electron chi connectivity index (χ4n) is 1.65. The number of hydrogen-bond acceptors (Lipinski definition) is 4. The van der Waals surface area contributed by atoms with Gasteiger partial charge in [0.2, 0.25) is 0 Å². The first-order valence-electron chi connectivity index (χ1n) is 5.68. The molecule has 1 aromatic heterocycles. The van der Waals surface area contributed by atoms with Gasteiger partial charge in [-0.25, -0.2) is 4.98 Å². The van der Waals surface area contributed by atoms with Gasteiger partial charge in [-0.2, -0.15) is 23.7 Å². The summed E-state index contributed by atoms with van der Waals surface area (Å²) in [5, 5.41) is 20.5. The molecule has 0 unspecified atom stereocenters. The fraction of sp³-hybridized carbons (Fsp3) is 0.0714. The van der Waals surface area contributed by atoms with E-state index in [-0.39, 0.29) is 16.9 Å². The summed E-state index contributed by atoms with van der Waals surface area (Å²) in [6.07, 6.45) is -3.12. The Bertz CT molecular complexity index is 754. The number of benzene rings is 1. The summed E-state index contributed by atoms with van der Waals surface area (Å²) < 4.78 is 37.8. The largest absolute Gasteiger partial charge is 0.416 e. The van der Waals surface area contributed by atoms with Crippen LogP contribution in [-0.2, 0) is 6.18 Å². The Morgan fingerprint density at radius 1 is 1.05 bits per heavy atom. The summed E-state index contributed by atoms with van der Waals surface area (Å²) in [5.74, 6) is 0. The van der Waals surface area contributed by atoms with E-state index in [1.165, 1.54) is 18.3 Å². The van der Waals surface area contributed by atoms with Crippen molar-refractivity contribution >= 4 is 11.4 Å². The predicted molar refractivity (Wildman–Crippen MR) is 68.4 cm³/mol. The Hall–Kier alpha value is -3.06. The van der Waals surface area contributed by atoms with Crippen LogP contribution in [0.5, 0.6) is 0 Å². The van der Waals surface area contributed by atoms with E-state index in [4.69, 9.17) is 10.5 Å². The third-order valence-electron chi connectivity index (χ3n) is 2.62. The smallest absolute Gasteiger partial charge is 0.354 e. The van der Waals surface area contributed by atoms with Crippen LogP contribution in [0.2, 0.25) is 0 Å². The summed E-state index contributed by atoms with van der Waals surface area (Å²) in [7, 11) is 0. The summed E-state index contributed by atoms with van der Waals surface area (Å²) in [4.78, 5) is 3.77. The Labute approximate surface area is 118 Å².